The molecule has 4 heteroatoms. The Morgan fingerprint density at radius 3 is 2.82 bits per heavy atom. The first kappa shape index (κ1) is 11.6. The number of thiazole rings is 1. The fourth-order valence-corrected chi connectivity index (χ4v) is 3.44. The third-order valence-corrected chi connectivity index (χ3v) is 4.88. The summed E-state index contributed by atoms with van der Waals surface area (Å²) in [6, 6.07) is 0.548. The molecule has 2 heterocycles. The van der Waals surface area contributed by atoms with Crippen molar-refractivity contribution in [3.8, 4) is 0 Å². The van der Waals surface area contributed by atoms with Crippen LogP contribution in [0.3, 0.4) is 0 Å². The van der Waals surface area contributed by atoms with Crippen molar-refractivity contribution in [2.24, 2.45) is 5.92 Å². The van der Waals surface area contributed by atoms with Crippen LogP contribution >= 0.6 is 11.3 Å². The largest absolute Gasteiger partial charge is 0.376 e. The van der Waals surface area contributed by atoms with Gasteiger partial charge in [-0.3, -0.25) is 0 Å². The van der Waals surface area contributed by atoms with E-state index in [4.69, 9.17) is 4.74 Å². The van der Waals surface area contributed by atoms with Crippen LogP contribution < -0.4 is 5.32 Å². The van der Waals surface area contributed by atoms with Crippen LogP contribution in [-0.2, 0) is 11.3 Å². The first-order valence-electron chi connectivity index (χ1n) is 6.52. The number of ether oxygens (including phenoxy) is 1. The van der Waals surface area contributed by atoms with Gasteiger partial charge >= 0.3 is 0 Å². The maximum atomic E-state index is 5.83. The molecule has 2 aliphatic rings. The van der Waals surface area contributed by atoms with E-state index in [0.29, 0.717) is 12.1 Å². The molecule has 1 aliphatic carbocycles. The number of hydrogen-bond donors (Lipinski definition) is 1. The highest BCUT2D eigenvalue weighted by atomic mass is 32.1. The second kappa shape index (κ2) is 4.67. The van der Waals surface area contributed by atoms with Gasteiger partial charge in [-0.2, -0.15) is 0 Å². The van der Waals surface area contributed by atoms with Gasteiger partial charge in [-0.1, -0.05) is 0 Å². The second-order valence-electron chi connectivity index (χ2n) is 5.20. The van der Waals surface area contributed by atoms with Gasteiger partial charge in [0, 0.05) is 24.1 Å². The Kier molecular flexibility index (Phi) is 3.19. The number of aryl methyl sites for hydroxylation is 2. The molecule has 1 aromatic heterocycles. The maximum Gasteiger partial charge on any atom is 0.107 e. The highest BCUT2D eigenvalue weighted by Gasteiger charge is 2.40. The highest BCUT2D eigenvalue weighted by Crippen LogP contribution is 2.38. The van der Waals surface area contributed by atoms with Crippen molar-refractivity contribution in [2.45, 2.75) is 51.8 Å². The Labute approximate surface area is 107 Å². The molecule has 0 amide bonds. The molecule has 0 bridgehead atoms. The number of aromatic nitrogens is 1. The monoisotopic (exact) mass is 252 g/mol. The summed E-state index contributed by atoms with van der Waals surface area (Å²) in [6.07, 6.45) is 4.35. The molecule has 0 radical (unpaired) electrons. The molecule has 1 aliphatic heterocycles. The van der Waals surface area contributed by atoms with Crippen LogP contribution in [0.15, 0.2) is 0 Å². The average molecular weight is 252 g/mol. The van der Waals surface area contributed by atoms with E-state index in [9.17, 15) is 0 Å². The normalized spacial score (nSPS) is 28.8. The van der Waals surface area contributed by atoms with Gasteiger partial charge in [-0.25, -0.2) is 4.98 Å². The molecule has 17 heavy (non-hydrogen) atoms. The summed E-state index contributed by atoms with van der Waals surface area (Å²) in [6.45, 7) is 6.05. The van der Waals surface area contributed by atoms with E-state index in [-0.39, 0.29) is 0 Å². The van der Waals surface area contributed by atoms with Gasteiger partial charge in [0.1, 0.15) is 5.01 Å². The van der Waals surface area contributed by atoms with Crippen molar-refractivity contribution in [3.05, 3.63) is 15.6 Å². The van der Waals surface area contributed by atoms with Crippen LogP contribution in [0.1, 0.15) is 34.8 Å². The lowest BCUT2D eigenvalue weighted by molar-refractivity contribution is 0.0809. The lowest BCUT2D eigenvalue weighted by Crippen LogP contribution is -2.37. The molecule has 1 saturated heterocycles. The van der Waals surface area contributed by atoms with Crippen molar-refractivity contribution in [2.75, 3.05) is 6.61 Å². The SMILES string of the molecule is Cc1nc(CNC2CCOC2C2CC2)sc1C. The van der Waals surface area contributed by atoms with Crippen LogP contribution in [0.25, 0.3) is 0 Å². The lowest BCUT2D eigenvalue weighted by Gasteiger charge is -2.18. The van der Waals surface area contributed by atoms with E-state index >= 15 is 0 Å². The minimum atomic E-state index is 0.470. The number of hydrogen-bond acceptors (Lipinski definition) is 4. The van der Waals surface area contributed by atoms with Gasteiger partial charge in [0.15, 0.2) is 0 Å². The number of nitrogens with zero attached hydrogens (tertiary/aromatic N) is 1. The smallest absolute Gasteiger partial charge is 0.107 e. The molecule has 2 unspecified atom stereocenters. The standard InChI is InChI=1S/C13H20N2OS/c1-8-9(2)17-12(15-8)7-14-11-5-6-16-13(11)10-3-4-10/h10-11,13-14H,3-7H2,1-2H3. The maximum absolute atomic E-state index is 5.83. The lowest BCUT2D eigenvalue weighted by atomic mass is 10.1. The Hall–Kier alpha value is -0.450. The van der Waals surface area contributed by atoms with Gasteiger partial charge < -0.3 is 10.1 Å². The predicted octanol–water partition coefficient (Wildman–Crippen LogP) is 2.42. The topological polar surface area (TPSA) is 34.2 Å². The zero-order valence-electron chi connectivity index (χ0n) is 10.5. The Morgan fingerprint density at radius 2 is 2.18 bits per heavy atom. The van der Waals surface area contributed by atoms with Crippen LogP contribution in [-0.4, -0.2) is 23.7 Å². The van der Waals surface area contributed by atoms with Crippen molar-refractivity contribution < 1.29 is 4.74 Å². The zero-order valence-corrected chi connectivity index (χ0v) is 11.3. The summed E-state index contributed by atoms with van der Waals surface area (Å²) in [5.74, 6) is 0.828. The number of nitrogens with one attached hydrogen (secondary N) is 1. The molecular formula is C13H20N2OS. The van der Waals surface area contributed by atoms with E-state index in [1.54, 1.807) is 0 Å². The fourth-order valence-electron chi connectivity index (χ4n) is 2.55. The summed E-state index contributed by atoms with van der Waals surface area (Å²) < 4.78 is 5.83. The molecule has 0 aromatic carbocycles. The van der Waals surface area contributed by atoms with E-state index in [1.807, 2.05) is 11.3 Å². The second-order valence-corrected chi connectivity index (χ2v) is 6.49. The third kappa shape index (κ3) is 2.54. The highest BCUT2D eigenvalue weighted by molar-refractivity contribution is 7.11. The average Bonchev–Trinajstić information content (AvgIpc) is 2.96. The zero-order chi connectivity index (χ0) is 11.8. The van der Waals surface area contributed by atoms with E-state index in [2.05, 4.69) is 24.1 Å². The van der Waals surface area contributed by atoms with E-state index in [1.165, 1.54) is 28.4 Å². The Morgan fingerprint density at radius 1 is 1.35 bits per heavy atom. The molecule has 3 rings (SSSR count). The Balaban J connectivity index is 1.56. The van der Waals surface area contributed by atoms with E-state index in [0.717, 1.165) is 25.5 Å². The van der Waals surface area contributed by atoms with Gasteiger partial charge in [-0.15, -0.1) is 11.3 Å². The van der Waals surface area contributed by atoms with Gasteiger partial charge in [0.2, 0.25) is 0 Å². The van der Waals surface area contributed by atoms with Crippen LogP contribution in [0.5, 0.6) is 0 Å². The van der Waals surface area contributed by atoms with Crippen molar-refractivity contribution in [1.82, 2.24) is 10.3 Å². The molecule has 2 fully saturated rings. The summed E-state index contributed by atoms with van der Waals surface area (Å²) in [5.41, 5.74) is 1.17. The summed E-state index contributed by atoms with van der Waals surface area (Å²) in [4.78, 5) is 5.91. The molecule has 94 valence electrons. The quantitative estimate of drug-likeness (QED) is 0.893. The van der Waals surface area contributed by atoms with Crippen LogP contribution in [0, 0.1) is 19.8 Å². The van der Waals surface area contributed by atoms with Crippen LogP contribution in [0.2, 0.25) is 0 Å². The molecule has 1 saturated carbocycles. The van der Waals surface area contributed by atoms with E-state index < -0.39 is 0 Å². The molecule has 0 spiro atoms. The first-order valence-corrected chi connectivity index (χ1v) is 7.33. The molecular weight excluding hydrogens is 232 g/mol. The molecule has 1 N–H and O–H groups in total. The first-order chi connectivity index (χ1) is 8.24. The minimum Gasteiger partial charge on any atom is -0.376 e. The van der Waals surface area contributed by atoms with Crippen LogP contribution in [0.4, 0.5) is 0 Å². The third-order valence-electron chi connectivity index (χ3n) is 3.81. The van der Waals surface area contributed by atoms with Gasteiger partial charge in [-0.05, 0) is 39.0 Å². The fraction of sp³-hybridized carbons (Fsp3) is 0.769. The molecule has 3 nitrogen and oxygen atoms in total. The van der Waals surface area contributed by atoms with Crippen molar-refractivity contribution >= 4 is 11.3 Å². The number of rotatable bonds is 4. The minimum absolute atomic E-state index is 0.470. The van der Waals surface area contributed by atoms with Crippen molar-refractivity contribution in [3.63, 3.8) is 0 Å². The summed E-state index contributed by atoms with van der Waals surface area (Å²) in [5, 5.41) is 4.84. The predicted molar refractivity (Wildman–Crippen MR) is 69.3 cm³/mol. The molecule has 2 atom stereocenters. The molecule has 1 aromatic rings. The van der Waals surface area contributed by atoms with Gasteiger partial charge in [0.25, 0.3) is 0 Å². The van der Waals surface area contributed by atoms with Gasteiger partial charge in [0.05, 0.1) is 11.8 Å². The van der Waals surface area contributed by atoms with Crippen molar-refractivity contribution in [1.29, 1.82) is 0 Å². The summed E-state index contributed by atoms with van der Waals surface area (Å²) in [7, 11) is 0. The summed E-state index contributed by atoms with van der Waals surface area (Å²) >= 11 is 1.81. The Bertz CT molecular complexity index is 381.